The molecule has 0 aliphatic rings. The first-order valence-electron chi connectivity index (χ1n) is 37.0. The number of carbonyl (C=O) groups excluding carboxylic acids is 2. The summed E-state index contributed by atoms with van der Waals surface area (Å²) in [7, 11) is 0. The molecule has 4 N–H and O–H groups in total. The van der Waals surface area contributed by atoms with Gasteiger partial charge in [-0.05, 0) is 32.1 Å². The molecule has 0 aliphatic carbocycles. The van der Waals surface area contributed by atoms with Crippen LogP contribution < -0.4 is 5.32 Å². The van der Waals surface area contributed by atoms with Crippen LogP contribution in [0.1, 0.15) is 419 Å². The summed E-state index contributed by atoms with van der Waals surface area (Å²) >= 11 is 0. The van der Waals surface area contributed by atoms with Gasteiger partial charge in [0, 0.05) is 6.42 Å². The number of unbranched alkanes of at least 4 members (excludes halogenated alkanes) is 55. The predicted octanol–water partition coefficient (Wildman–Crippen LogP) is 23.1. The van der Waals surface area contributed by atoms with Crippen LogP contribution in [0, 0.1) is 0 Å². The lowest BCUT2D eigenvalue weighted by Gasteiger charge is -2.20. The van der Waals surface area contributed by atoms with Gasteiger partial charge in [-0.15, -0.1) is 0 Å². The summed E-state index contributed by atoms with van der Waals surface area (Å²) in [4.78, 5) is 24.1. The Kier molecular flexibility index (Phi) is 73.4. The van der Waals surface area contributed by atoms with E-state index in [1.165, 1.54) is 327 Å². The molecule has 0 spiro atoms. The molecule has 484 valence electrons. The summed E-state index contributed by atoms with van der Waals surface area (Å²) in [6, 6.07) is -0.615. The van der Waals surface area contributed by atoms with Crippen LogP contribution in [0.3, 0.4) is 0 Å². The van der Waals surface area contributed by atoms with Crippen LogP contribution in [0.25, 0.3) is 0 Å². The normalized spacial score (nSPS) is 12.7. The zero-order valence-corrected chi connectivity index (χ0v) is 55.5. The Hall–Kier alpha value is -1.44. The van der Waals surface area contributed by atoms with Crippen molar-refractivity contribution >= 4 is 11.9 Å². The number of ether oxygens (including phenoxy) is 1. The van der Waals surface area contributed by atoms with E-state index in [-0.39, 0.29) is 12.5 Å². The summed E-state index contributed by atoms with van der Waals surface area (Å²) in [5.41, 5.74) is 0. The molecule has 81 heavy (non-hydrogen) atoms. The number of amides is 1. The van der Waals surface area contributed by atoms with E-state index in [9.17, 15) is 24.9 Å². The van der Waals surface area contributed by atoms with Gasteiger partial charge in [-0.1, -0.05) is 393 Å². The average Bonchev–Trinajstić information content (AvgIpc) is 3.47. The van der Waals surface area contributed by atoms with Crippen molar-refractivity contribution in [3.05, 3.63) is 12.2 Å². The maximum absolute atomic E-state index is 12.4. The molecule has 7 nitrogen and oxygen atoms in total. The number of allylic oxidation sites excluding steroid dienone is 1. The largest absolute Gasteiger partial charge is 0.464 e. The molecule has 0 bridgehead atoms. The second kappa shape index (κ2) is 72.8. The highest BCUT2D eigenvalue weighted by atomic mass is 16.5. The highest BCUT2D eigenvalue weighted by Crippen LogP contribution is 2.19. The van der Waals surface area contributed by atoms with Gasteiger partial charge in [0.05, 0.1) is 25.4 Å². The van der Waals surface area contributed by atoms with Crippen LogP contribution in [0.5, 0.6) is 0 Å². The zero-order chi connectivity index (χ0) is 59.3. The molecule has 0 radical (unpaired) electrons. The van der Waals surface area contributed by atoms with Gasteiger partial charge in [-0.2, -0.15) is 0 Å². The molecule has 3 atom stereocenters. The molecule has 7 heteroatoms. The first-order valence-corrected chi connectivity index (χ1v) is 37.0. The standard InChI is InChI=1S/C44H87NO3.C30H60O3/c1-3-5-7-9-11-13-15-17-18-19-20-21-22-23-24-25-26-28-30-32-34-36-38-40-44(48)45-42(41-46)43(47)39-37-35-33-31-29-27-16-14-12-10-8-6-4-2;1-3-5-7-9-10-11-12-13-14-15-16-17-18-19-20-21-22-23-24-25-27-29(31)30(32)33-28-26-8-6-4-2/h37,39,42-43,46-47H,3-36,38,40-41H2,1-2H3,(H,45,48);29,31H,3-28H2,1-2H3/b39-37+;. The molecular formula is C74H147NO6. The topological polar surface area (TPSA) is 116 Å². The first kappa shape index (κ1) is 81.6. The van der Waals surface area contributed by atoms with E-state index < -0.39 is 24.2 Å². The van der Waals surface area contributed by atoms with Crippen molar-refractivity contribution in [1.82, 2.24) is 5.32 Å². The molecule has 0 saturated heterocycles. The Bertz CT molecular complexity index is 1210. The molecule has 0 aliphatic heterocycles. The molecule has 0 aromatic heterocycles. The van der Waals surface area contributed by atoms with Crippen molar-refractivity contribution in [2.75, 3.05) is 13.2 Å². The quantitative estimate of drug-likeness (QED) is 0.0274. The van der Waals surface area contributed by atoms with Gasteiger partial charge >= 0.3 is 5.97 Å². The van der Waals surface area contributed by atoms with E-state index in [0.717, 1.165) is 51.4 Å². The zero-order valence-electron chi connectivity index (χ0n) is 55.5. The molecule has 0 aromatic rings. The number of esters is 1. The summed E-state index contributed by atoms with van der Waals surface area (Å²) in [6.45, 7) is 9.23. The van der Waals surface area contributed by atoms with E-state index in [1.54, 1.807) is 6.08 Å². The van der Waals surface area contributed by atoms with Crippen molar-refractivity contribution in [3.63, 3.8) is 0 Å². The van der Waals surface area contributed by atoms with E-state index in [4.69, 9.17) is 4.74 Å². The van der Waals surface area contributed by atoms with Crippen LogP contribution in [0.2, 0.25) is 0 Å². The Morgan fingerprint density at radius 2 is 0.617 bits per heavy atom. The van der Waals surface area contributed by atoms with Gasteiger partial charge in [-0.3, -0.25) is 4.79 Å². The van der Waals surface area contributed by atoms with Crippen molar-refractivity contribution < 1.29 is 29.6 Å². The molecule has 0 saturated carbocycles. The van der Waals surface area contributed by atoms with Gasteiger partial charge in [0.25, 0.3) is 0 Å². The van der Waals surface area contributed by atoms with E-state index in [2.05, 4.69) is 33.0 Å². The third-order valence-corrected chi connectivity index (χ3v) is 17.1. The van der Waals surface area contributed by atoms with Crippen molar-refractivity contribution in [3.8, 4) is 0 Å². The second-order valence-corrected chi connectivity index (χ2v) is 25.4. The number of aliphatic hydroxyl groups is 3. The van der Waals surface area contributed by atoms with Gasteiger partial charge in [0.1, 0.15) is 0 Å². The maximum atomic E-state index is 12.4. The Balaban J connectivity index is 0. The van der Waals surface area contributed by atoms with Crippen molar-refractivity contribution in [1.29, 1.82) is 0 Å². The summed E-state index contributed by atoms with van der Waals surface area (Å²) in [6.07, 6.45) is 81.6. The van der Waals surface area contributed by atoms with Gasteiger partial charge in [-0.25, -0.2) is 4.79 Å². The SMILES string of the molecule is CCCCCCCCCCCCC/C=C/C(O)C(CO)NC(=O)CCCCCCCCCCCCCCCCCCCCCCCCC.CCCCCCCCCCCCCCCCCCCCCCC(O)C(=O)OCCCCCC. The number of aliphatic hydroxyl groups excluding tert-OH is 3. The van der Waals surface area contributed by atoms with E-state index >= 15 is 0 Å². The molecule has 0 aromatic carbocycles. The number of hydrogen-bond acceptors (Lipinski definition) is 6. The van der Waals surface area contributed by atoms with Crippen molar-refractivity contribution in [2.45, 2.75) is 438 Å². The van der Waals surface area contributed by atoms with Crippen LogP contribution in [0.4, 0.5) is 0 Å². The van der Waals surface area contributed by atoms with Gasteiger partial charge in [0.2, 0.25) is 5.91 Å². The summed E-state index contributed by atoms with van der Waals surface area (Å²) in [5, 5.41) is 32.9. The lowest BCUT2D eigenvalue weighted by molar-refractivity contribution is -0.154. The minimum absolute atomic E-state index is 0.0599. The molecule has 1 amide bonds. The van der Waals surface area contributed by atoms with Crippen molar-refractivity contribution in [2.24, 2.45) is 0 Å². The fraction of sp³-hybridized carbons (Fsp3) is 0.946. The highest BCUT2D eigenvalue weighted by molar-refractivity contribution is 5.76. The molecular weight excluding hydrogens is 999 g/mol. The third kappa shape index (κ3) is 69.2. The predicted molar refractivity (Wildman–Crippen MR) is 355 cm³/mol. The van der Waals surface area contributed by atoms with Gasteiger partial charge in [0.15, 0.2) is 6.10 Å². The Morgan fingerprint density at radius 3 is 0.914 bits per heavy atom. The number of carbonyl (C=O) groups is 2. The summed E-state index contributed by atoms with van der Waals surface area (Å²) < 4.78 is 5.16. The Labute approximate surface area is 507 Å². The lowest BCUT2D eigenvalue weighted by Crippen LogP contribution is -2.45. The molecule has 0 rings (SSSR count). The van der Waals surface area contributed by atoms with Crippen LogP contribution >= 0.6 is 0 Å². The smallest absolute Gasteiger partial charge is 0.334 e. The number of hydrogen-bond donors (Lipinski definition) is 4. The van der Waals surface area contributed by atoms with Gasteiger partial charge < -0.3 is 25.4 Å². The van der Waals surface area contributed by atoms with Crippen LogP contribution in [-0.2, 0) is 14.3 Å². The minimum Gasteiger partial charge on any atom is -0.464 e. The highest BCUT2D eigenvalue weighted by Gasteiger charge is 2.18. The van der Waals surface area contributed by atoms with E-state index in [1.807, 2.05) is 6.08 Å². The van der Waals surface area contributed by atoms with E-state index in [0.29, 0.717) is 19.4 Å². The minimum atomic E-state index is -0.924. The first-order chi connectivity index (χ1) is 39.9. The number of nitrogens with one attached hydrogen (secondary N) is 1. The fourth-order valence-corrected chi connectivity index (χ4v) is 11.4. The fourth-order valence-electron chi connectivity index (χ4n) is 11.4. The van der Waals surface area contributed by atoms with Crippen LogP contribution in [0.15, 0.2) is 12.2 Å². The Morgan fingerprint density at radius 1 is 0.358 bits per heavy atom. The molecule has 3 unspecified atom stereocenters. The monoisotopic (exact) mass is 1150 g/mol. The van der Waals surface area contributed by atoms with Crippen LogP contribution in [-0.4, -0.2) is 58.7 Å². The average molecular weight is 1150 g/mol. The third-order valence-electron chi connectivity index (χ3n) is 17.1. The summed E-state index contributed by atoms with van der Waals surface area (Å²) in [5.74, 6) is -0.486. The molecule has 0 fully saturated rings. The second-order valence-electron chi connectivity index (χ2n) is 25.4. The maximum Gasteiger partial charge on any atom is 0.334 e. The lowest BCUT2D eigenvalue weighted by atomic mass is 10.0. The molecule has 0 heterocycles. The number of rotatable bonds is 67.